The smallest absolute Gasteiger partial charge is 0.147 e. The molecule has 1 aliphatic carbocycles. The number of fused-ring (bicyclic) bond motifs is 5. The Morgan fingerprint density at radius 3 is 2.81 bits per heavy atom. The molecule has 0 radical (unpaired) electrons. The van der Waals surface area contributed by atoms with E-state index in [2.05, 4.69) is 34.0 Å². The van der Waals surface area contributed by atoms with Crippen molar-refractivity contribution in [1.82, 2.24) is 15.0 Å². The van der Waals surface area contributed by atoms with Crippen molar-refractivity contribution >= 4 is 43.4 Å². The van der Waals surface area contributed by atoms with Gasteiger partial charge in [0.15, 0.2) is 0 Å². The highest BCUT2D eigenvalue weighted by Crippen LogP contribution is 2.43. The number of aryl methyl sites for hydroxylation is 1. The van der Waals surface area contributed by atoms with Gasteiger partial charge in [-0.3, -0.25) is 0 Å². The summed E-state index contributed by atoms with van der Waals surface area (Å²) in [6.45, 7) is 8.75. The van der Waals surface area contributed by atoms with Crippen molar-refractivity contribution in [1.29, 1.82) is 0 Å². The van der Waals surface area contributed by atoms with Crippen molar-refractivity contribution in [3.63, 3.8) is 0 Å². The number of anilines is 2. The summed E-state index contributed by atoms with van der Waals surface area (Å²) >= 11 is 1.73. The number of thiophene rings is 1. The first kappa shape index (κ1) is 17.1. The van der Waals surface area contributed by atoms with E-state index < -0.39 is 0 Å². The lowest BCUT2D eigenvalue weighted by molar-refractivity contribution is 0.122. The minimum atomic E-state index is 0.569. The van der Waals surface area contributed by atoms with Crippen LogP contribution < -0.4 is 10.2 Å². The van der Waals surface area contributed by atoms with Crippen LogP contribution >= 0.6 is 11.3 Å². The Labute approximate surface area is 163 Å². The summed E-state index contributed by atoms with van der Waals surface area (Å²) in [5.41, 5.74) is 3.95. The van der Waals surface area contributed by atoms with Gasteiger partial charge in [-0.15, -0.1) is 11.3 Å². The third kappa shape index (κ3) is 2.93. The molecule has 0 saturated carbocycles. The average molecular weight is 384 g/mol. The normalized spacial score (nSPS) is 17.2. The molecule has 0 spiro atoms. The molecule has 1 saturated heterocycles. The molecular weight excluding hydrogens is 358 g/mol. The molecule has 7 heteroatoms. The lowest BCUT2D eigenvalue weighted by atomic mass is 10.1. The number of hydrogen-bond donors (Lipinski definition) is 1. The number of hydrogen-bond acceptors (Lipinski definition) is 7. The van der Waals surface area contributed by atoms with Crippen LogP contribution in [0.3, 0.4) is 0 Å². The Kier molecular flexibility index (Phi) is 4.36. The van der Waals surface area contributed by atoms with Crippen molar-refractivity contribution in [2.24, 2.45) is 5.92 Å². The zero-order valence-corrected chi connectivity index (χ0v) is 16.7. The van der Waals surface area contributed by atoms with Gasteiger partial charge in [-0.1, -0.05) is 13.8 Å². The van der Waals surface area contributed by atoms with E-state index in [0.717, 1.165) is 66.6 Å². The fraction of sp³-hybridized carbons (Fsp3) is 0.550. The quantitative estimate of drug-likeness (QED) is 0.742. The Morgan fingerprint density at radius 1 is 1.19 bits per heavy atom. The topological polar surface area (TPSA) is 63.2 Å². The lowest BCUT2D eigenvalue weighted by Crippen LogP contribution is -2.37. The maximum absolute atomic E-state index is 5.54. The Morgan fingerprint density at radius 2 is 2.00 bits per heavy atom. The predicted molar refractivity (Wildman–Crippen MR) is 111 cm³/mol. The molecule has 27 heavy (non-hydrogen) atoms. The van der Waals surface area contributed by atoms with Crippen molar-refractivity contribution in [3.05, 3.63) is 17.5 Å². The summed E-state index contributed by atoms with van der Waals surface area (Å²) < 4.78 is 6.68. The summed E-state index contributed by atoms with van der Waals surface area (Å²) in [4.78, 5) is 17.8. The fourth-order valence-electron chi connectivity index (χ4n) is 4.14. The van der Waals surface area contributed by atoms with E-state index in [1.165, 1.54) is 28.8 Å². The van der Waals surface area contributed by atoms with Crippen LogP contribution in [-0.4, -0.2) is 47.8 Å². The van der Waals surface area contributed by atoms with Gasteiger partial charge in [-0.25, -0.2) is 15.0 Å². The number of rotatable bonds is 4. The van der Waals surface area contributed by atoms with E-state index in [1.807, 2.05) is 0 Å². The lowest BCUT2D eigenvalue weighted by Gasteiger charge is -2.29. The standard InChI is InChI=1S/C20H25N5OS/c1-12(2)10-21-18-17-16(22-11-23-18)15-13-4-3-5-14(13)19(24-20(15)27-17)25-6-8-26-9-7-25/h11-12H,3-10H2,1-2H3,(H,21,22,23). The van der Waals surface area contributed by atoms with Gasteiger partial charge in [-0.05, 0) is 36.3 Å². The zero-order valence-electron chi connectivity index (χ0n) is 15.9. The first-order valence-corrected chi connectivity index (χ1v) is 10.7. The van der Waals surface area contributed by atoms with Crippen LogP contribution in [0.5, 0.6) is 0 Å². The van der Waals surface area contributed by atoms with Gasteiger partial charge < -0.3 is 15.0 Å². The summed E-state index contributed by atoms with van der Waals surface area (Å²) in [7, 11) is 0. The molecule has 0 bridgehead atoms. The van der Waals surface area contributed by atoms with Crippen molar-refractivity contribution < 1.29 is 4.74 Å². The Balaban J connectivity index is 1.68. The molecule has 6 nitrogen and oxygen atoms in total. The van der Waals surface area contributed by atoms with Crippen LogP contribution in [0.4, 0.5) is 11.6 Å². The molecule has 3 aromatic rings. The molecule has 0 aromatic carbocycles. The number of aromatic nitrogens is 3. The second-order valence-electron chi connectivity index (χ2n) is 7.80. The van der Waals surface area contributed by atoms with E-state index in [0.29, 0.717) is 5.92 Å². The number of morpholine rings is 1. The van der Waals surface area contributed by atoms with Crippen LogP contribution in [0.25, 0.3) is 20.4 Å². The molecule has 3 aromatic heterocycles. The maximum Gasteiger partial charge on any atom is 0.147 e. The summed E-state index contributed by atoms with van der Waals surface area (Å²) in [6.07, 6.45) is 5.13. The fourth-order valence-corrected chi connectivity index (χ4v) is 5.26. The third-order valence-electron chi connectivity index (χ3n) is 5.44. The van der Waals surface area contributed by atoms with Gasteiger partial charge in [0.05, 0.1) is 23.4 Å². The largest absolute Gasteiger partial charge is 0.378 e. The van der Waals surface area contributed by atoms with Crippen LogP contribution in [0.2, 0.25) is 0 Å². The molecule has 0 amide bonds. The first-order valence-electron chi connectivity index (χ1n) is 9.88. The van der Waals surface area contributed by atoms with E-state index >= 15 is 0 Å². The Bertz CT molecular complexity index is 993. The molecule has 4 heterocycles. The van der Waals surface area contributed by atoms with Crippen LogP contribution in [0, 0.1) is 5.92 Å². The predicted octanol–water partition coefficient (Wildman–Crippen LogP) is 3.63. The van der Waals surface area contributed by atoms with Gasteiger partial charge in [0, 0.05) is 25.0 Å². The number of pyridine rings is 1. The minimum absolute atomic E-state index is 0.569. The van der Waals surface area contributed by atoms with E-state index in [4.69, 9.17) is 9.72 Å². The molecule has 5 rings (SSSR count). The van der Waals surface area contributed by atoms with Gasteiger partial charge in [0.1, 0.15) is 22.8 Å². The highest BCUT2D eigenvalue weighted by molar-refractivity contribution is 7.26. The van der Waals surface area contributed by atoms with E-state index in [1.54, 1.807) is 17.7 Å². The Hall–Kier alpha value is -1.99. The summed E-state index contributed by atoms with van der Waals surface area (Å²) in [5.74, 6) is 2.69. The molecular formula is C20H25N5OS. The second-order valence-corrected chi connectivity index (χ2v) is 8.80. The molecule has 1 N–H and O–H groups in total. The van der Waals surface area contributed by atoms with Gasteiger partial charge >= 0.3 is 0 Å². The van der Waals surface area contributed by atoms with Crippen LogP contribution in [0.15, 0.2) is 6.33 Å². The molecule has 2 aliphatic rings. The molecule has 0 unspecified atom stereocenters. The van der Waals surface area contributed by atoms with Crippen molar-refractivity contribution in [2.45, 2.75) is 33.1 Å². The second kappa shape index (κ2) is 6.87. The van der Waals surface area contributed by atoms with Crippen molar-refractivity contribution in [2.75, 3.05) is 43.1 Å². The summed E-state index contributed by atoms with van der Waals surface area (Å²) in [6, 6.07) is 0. The summed E-state index contributed by atoms with van der Waals surface area (Å²) in [5, 5.41) is 4.76. The first-order chi connectivity index (χ1) is 13.2. The maximum atomic E-state index is 5.54. The number of nitrogens with one attached hydrogen (secondary N) is 1. The highest BCUT2D eigenvalue weighted by Gasteiger charge is 2.27. The van der Waals surface area contributed by atoms with Gasteiger partial charge in [0.25, 0.3) is 0 Å². The number of ether oxygens (including phenoxy) is 1. The van der Waals surface area contributed by atoms with Gasteiger partial charge in [0.2, 0.25) is 0 Å². The number of nitrogens with zero attached hydrogens (tertiary/aromatic N) is 4. The highest BCUT2D eigenvalue weighted by atomic mass is 32.1. The molecule has 0 atom stereocenters. The van der Waals surface area contributed by atoms with E-state index in [9.17, 15) is 0 Å². The van der Waals surface area contributed by atoms with Gasteiger partial charge in [-0.2, -0.15) is 0 Å². The third-order valence-corrected chi connectivity index (χ3v) is 6.52. The zero-order chi connectivity index (χ0) is 18.4. The van der Waals surface area contributed by atoms with Crippen LogP contribution in [-0.2, 0) is 17.6 Å². The molecule has 1 aliphatic heterocycles. The minimum Gasteiger partial charge on any atom is -0.378 e. The average Bonchev–Trinajstić information content (AvgIpc) is 3.30. The SMILES string of the molecule is CC(C)CNc1ncnc2c1sc1nc(N3CCOCC3)c3c(c12)CCC3. The van der Waals surface area contributed by atoms with E-state index in [-0.39, 0.29) is 0 Å². The molecule has 1 fully saturated rings. The molecule has 142 valence electrons. The monoisotopic (exact) mass is 383 g/mol. The van der Waals surface area contributed by atoms with Crippen molar-refractivity contribution in [3.8, 4) is 0 Å². The van der Waals surface area contributed by atoms with Crippen LogP contribution in [0.1, 0.15) is 31.4 Å².